The Bertz CT molecular complexity index is 871. The second kappa shape index (κ2) is 6.75. The van der Waals surface area contributed by atoms with Crippen LogP contribution in [-0.2, 0) is 14.8 Å². The highest BCUT2D eigenvalue weighted by atomic mass is 32.2. The van der Waals surface area contributed by atoms with E-state index in [0.717, 1.165) is 31.5 Å². The van der Waals surface area contributed by atoms with Crippen LogP contribution in [-0.4, -0.2) is 41.0 Å². The number of hydrogen-bond donors (Lipinski definition) is 1. The van der Waals surface area contributed by atoms with E-state index < -0.39 is 10.0 Å². The van der Waals surface area contributed by atoms with Gasteiger partial charge in [0.15, 0.2) is 5.82 Å². The molecule has 9 nitrogen and oxygen atoms in total. The molecule has 4 rings (SSSR count). The van der Waals surface area contributed by atoms with Crippen molar-refractivity contribution in [3.63, 3.8) is 0 Å². The lowest BCUT2D eigenvalue weighted by molar-refractivity contribution is 0.0290. The van der Waals surface area contributed by atoms with Crippen molar-refractivity contribution in [2.75, 3.05) is 6.54 Å². The average Bonchev–Trinajstić information content (AvgIpc) is 3.07. The molecule has 0 amide bonds. The highest BCUT2D eigenvalue weighted by Gasteiger charge is 2.34. The normalized spacial score (nSPS) is 23.8. The molecule has 0 radical (unpaired) electrons. The highest BCUT2D eigenvalue weighted by Crippen LogP contribution is 2.39. The van der Waals surface area contributed by atoms with Crippen LogP contribution in [0.1, 0.15) is 69.3 Å². The van der Waals surface area contributed by atoms with Gasteiger partial charge in [-0.25, -0.2) is 13.1 Å². The maximum atomic E-state index is 12.4. The van der Waals surface area contributed by atoms with Crippen LogP contribution in [0.15, 0.2) is 21.8 Å². The van der Waals surface area contributed by atoms with Crippen molar-refractivity contribution in [3.8, 4) is 0 Å². The molecule has 2 atom stereocenters. The van der Waals surface area contributed by atoms with Crippen molar-refractivity contribution in [3.05, 3.63) is 24.1 Å². The van der Waals surface area contributed by atoms with Gasteiger partial charge < -0.3 is 9.26 Å². The van der Waals surface area contributed by atoms with Crippen LogP contribution >= 0.6 is 0 Å². The van der Waals surface area contributed by atoms with Crippen LogP contribution in [0.2, 0.25) is 0 Å². The molecule has 0 aromatic carbocycles. The number of hydrogen-bond acceptors (Lipinski definition) is 7. The molecule has 26 heavy (non-hydrogen) atoms. The molecule has 1 aliphatic heterocycles. The van der Waals surface area contributed by atoms with Crippen molar-refractivity contribution >= 4 is 10.0 Å². The van der Waals surface area contributed by atoms with Crippen LogP contribution in [0.3, 0.4) is 0 Å². The Morgan fingerprint density at radius 1 is 1.31 bits per heavy atom. The summed E-state index contributed by atoms with van der Waals surface area (Å²) >= 11 is 0. The lowest BCUT2D eigenvalue weighted by Gasteiger charge is -2.12. The molecule has 2 aromatic heterocycles. The predicted octanol–water partition coefficient (Wildman–Crippen LogP) is 1.92. The van der Waals surface area contributed by atoms with E-state index in [1.54, 1.807) is 4.68 Å². The molecule has 2 fully saturated rings. The Kier molecular flexibility index (Phi) is 4.57. The smallest absolute Gasteiger partial charge is 0.255 e. The molecule has 0 unspecified atom stereocenters. The van der Waals surface area contributed by atoms with Crippen LogP contribution in [0.4, 0.5) is 0 Å². The summed E-state index contributed by atoms with van der Waals surface area (Å²) in [5, 5.41) is 8.08. The third-order valence-electron chi connectivity index (χ3n) is 4.70. The third kappa shape index (κ3) is 3.67. The molecular weight excluding hydrogens is 358 g/mol. The minimum atomic E-state index is -3.61. The number of ether oxygens (including phenoxy) is 1. The summed E-state index contributed by atoms with van der Waals surface area (Å²) in [6.45, 7) is 4.08. The molecule has 1 saturated heterocycles. The summed E-state index contributed by atoms with van der Waals surface area (Å²) in [6, 6.07) is 0.104. The molecule has 1 N–H and O–H groups in total. The lowest BCUT2D eigenvalue weighted by Crippen LogP contribution is -2.31. The van der Waals surface area contributed by atoms with E-state index in [0.29, 0.717) is 11.8 Å². The average molecular weight is 381 g/mol. The number of aromatic nitrogens is 4. The van der Waals surface area contributed by atoms with E-state index in [2.05, 4.69) is 20.0 Å². The van der Waals surface area contributed by atoms with Gasteiger partial charge >= 0.3 is 0 Å². The summed E-state index contributed by atoms with van der Waals surface area (Å²) in [6.07, 6.45) is 6.12. The SMILES string of the molecule is CC(C)n1cc(S(=O)(=O)NC[C@H]2CC[C@@H](c3nc(C4CC4)no3)O2)cn1. The Morgan fingerprint density at radius 2 is 2.12 bits per heavy atom. The Hall–Kier alpha value is -1.78. The molecule has 2 aliphatic rings. The largest absolute Gasteiger partial charge is 0.364 e. The molecular formula is C16H23N5O4S. The van der Waals surface area contributed by atoms with Crippen LogP contribution in [0, 0.1) is 0 Å². The van der Waals surface area contributed by atoms with Gasteiger partial charge in [0.2, 0.25) is 10.0 Å². The Balaban J connectivity index is 1.33. The maximum absolute atomic E-state index is 12.4. The van der Waals surface area contributed by atoms with Gasteiger partial charge in [-0.15, -0.1) is 0 Å². The summed E-state index contributed by atoms with van der Waals surface area (Å²) in [4.78, 5) is 4.57. The quantitative estimate of drug-likeness (QED) is 0.779. The van der Waals surface area contributed by atoms with Crippen molar-refractivity contribution < 1.29 is 17.7 Å². The van der Waals surface area contributed by atoms with E-state index in [1.807, 2.05) is 13.8 Å². The summed E-state index contributed by atoms with van der Waals surface area (Å²) in [5.74, 6) is 1.69. The van der Waals surface area contributed by atoms with Gasteiger partial charge in [0, 0.05) is 24.7 Å². The lowest BCUT2D eigenvalue weighted by atomic mass is 10.2. The molecule has 0 spiro atoms. The second-order valence-corrected chi connectivity index (χ2v) is 8.96. The van der Waals surface area contributed by atoms with Gasteiger partial charge in [-0.05, 0) is 39.5 Å². The standard InChI is InChI=1S/C16H23N5O4S/c1-10(2)21-9-13(8-17-21)26(22,23)18-7-12-5-6-14(24-12)16-19-15(20-25-16)11-3-4-11/h8-12,14,18H,3-7H2,1-2H3/t12-,14+/m1/s1. The highest BCUT2D eigenvalue weighted by molar-refractivity contribution is 7.89. The van der Waals surface area contributed by atoms with Crippen molar-refractivity contribution in [2.24, 2.45) is 0 Å². The summed E-state index contributed by atoms with van der Waals surface area (Å²) < 4.78 is 40.2. The topological polar surface area (TPSA) is 112 Å². The molecule has 0 bridgehead atoms. The van der Waals surface area contributed by atoms with Gasteiger partial charge in [-0.1, -0.05) is 5.16 Å². The Morgan fingerprint density at radius 3 is 2.81 bits per heavy atom. The van der Waals surface area contributed by atoms with Gasteiger partial charge in [-0.2, -0.15) is 10.1 Å². The van der Waals surface area contributed by atoms with E-state index in [-0.39, 0.29) is 29.7 Å². The Labute approximate surface area is 152 Å². The number of sulfonamides is 1. The fourth-order valence-electron chi connectivity index (χ4n) is 2.95. The van der Waals surface area contributed by atoms with E-state index in [1.165, 1.54) is 12.4 Å². The minimum absolute atomic E-state index is 0.104. The first-order chi connectivity index (χ1) is 12.4. The van der Waals surface area contributed by atoms with Gasteiger partial charge in [0.05, 0.1) is 12.3 Å². The van der Waals surface area contributed by atoms with Crippen molar-refractivity contribution in [2.45, 2.75) is 68.6 Å². The van der Waals surface area contributed by atoms with Gasteiger partial charge in [0.1, 0.15) is 11.0 Å². The van der Waals surface area contributed by atoms with E-state index in [4.69, 9.17) is 9.26 Å². The van der Waals surface area contributed by atoms with Gasteiger partial charge in [0.25, 0.3) is 5.89 Å². The number of nitrogens with one attached hydrogen (secondary N) is 1. The van der Waals surface area contributed by atoms with E-state index >= 15 is 0 Å². The molecule has 10 heteroatoms. The van der Waals surface area contributed by atoms with Crippen molar-refractivity contribution in [1.82, 2.24) is 24.6 Å². The van der Waals surface area contributed by atoms with Crippen molar-refractivity contribution in [1.29, 1.82) is 0 Å². The molecule has 2 aromatic rings. The van der Waals surface area contributed by atoms with Crippen LogP contribution in [0.5, 0.6) is 0 Å². The fraction of sp³-hybridized carbons (Fsp3) is 0.688. The molecule has 1 aliphatic carbocycles. The third-order valence-corrected chi connectivity index (χ3v) is 6.08. The first kappa shape index (κ1) is 17.6. The van der Waals surface area contributed by atoms with Crippen LogP contribution < -0.4 is 4.72 Å². The monoisotopic (exact) mass is 381 g/mol. The molecule has 142 valence electrons. The zero-order valence-corrected chi connectivity index (χ0v) is 15.6. The van der Waals surface area contributed by atoms with Crippen LogP contribution in [0.25, 0.3) is 0 Å². The first-order valence-electron chi connectivity index (χ1n) is 8.95. The summed E-state index contributed by atoms with van der Waals surface area (Å²) in [7, 11) is -3.61. The zero-order valence-electron chi connectivity index (χ0n) is 14.8. The second-order valence-electron chi connectivity index (χ2n) is 7.19. The summed E-state index contributed by atoms with van der Waals surface area (Å²) in [5.41, 5.74) is 0. The zero-order chi connectivity index (χ0) is 18.3. The minimum Gasteiger partial charge on any atom is -0.364 e. The van der Waals surface area contributed by atoms with Gasteiger partial charge in [-0.3, -0.25) is 4.68 Å². The fourth-order valence-corrected chi connectivity index (χ4v) is 3.96. The number of nitrogens with zero attached hydrogens (tertiary/aromatic N) is 4. The molecule has 3 heterocycles. The first-order valence-corrected chi connectivity index (χ1v) is 10.4. The predicted molar refractivity (Wildman–Crippen MR) is 90.9 cm³/mol. The number of rotatable bonds is 7. The molecule has 1 saturated carbocycles. The van der Waals surface area contributed by atoms with E-state index in [9.17, 15) is 8.42 Å². The maximum Gasteiger partial charge on any atom is 0.255 e.